The molecular formula is C20H13F3N4O4S. The highest BCUT2D eigenvalue weighted by Gasteiger charge is 2.30. The molecule has 0 bridgehead atoms. The van der Waals surface area contributed by atoms with Crippen molar-refractivity contribution in [1.29, 1.82) is 0 Å². The van der Waals surface area contributed by atoms with Crippen LogP contribution in [0.5, 0.6) is 11.5 Å². The third-order valence-electron chi connectivity index (χ3n) is 4.77. The van der Waals surface area contributed by atoms with Gasteiger partial charge in [-0.1, -0.05) is 29.1 Å². The first-order valence-electron chi connectivity index (χ1n) is 9.23. The average Bonchev–Trinajstić information content (AvgIpc) is 3.43. The van der Waals surface area contributed by atoms with Gasteiger partial charge in [0.05, 0.1) is 22.2 Å². The van der Waals surface area contributed by atoms with E-state index in [9.17, 15) is 18.0 Å². The zero-order valence-corrected chi connectivity index (χ0v) is 17.2. The van der Waals surface area contributed by atoms with Crippen LogP contribution in [0.2, 0.25) is 0 Å². The van der Waals surface area contributed by atoms with Crippen LogP contribution < -0.4 is 15.0 Å². The smallest absolute Gasteiger partial charge is 0.416 e. The second-order valence-electron chi connectivity index (χ2n) is 6.86. The number of alkyl halides is 3. The minimum atomic E-state index is -4.47. The van der Waals surface area contributed by atoms with Crippen molar-refractivity contribution in [1.82, 2.24) is 19.7 Å². The molecule has 0 saturated carbocycles. The predicted octanol–water partition coefficient (Wildman–Crippen LogP) is 4.02. The van der Waals surface area contributed by atoms with Gasteiger partial charge in [0, 0.05) is 18.7 Å². The van der Waals surface area contributed by atoms with E-state index in [0.717, 1.165) is 12.1 Å². The van der Waals surface area contributed by atoms with Gasteiger partial charge in [-0.25, -0.2) is 4.98 Å². The van der Waals surface area contributed by atoms with Crippen LogP contribution in [-0.4, -0.2) is 26.5 Å². The van der Waals surface area contributed by atoms with E-state index in [0.29, 0.717) is 27.6 Å². The highest BCUT2D eigenvalue weighted by atomic mass is 32.2. The summed E-state index contributed by atoms with van der Waals surface area (Å²) in [4.78, 5) is 21.4. The second-order valence-corrected chi connectivity index (χ2v) is 7.80. The summed E-state index contributed by atoms with van der Waals surface area (Å²) in [5.41, 5.74) is -0.417. The van der Waals surface area contributed by atoms with E-state index < -0.39 is 11.7 Å². The van der Waals surface area contributed by atoms with Gasteiger partial charge in [-0.3, -0.25) is 9.36 Å². The minimum Gasteiger partial charge on any atom is -0.454 e. The van der Waals surface area contributed by atoms with Gasteiger partial charge in [0.15, 0.2) is 16.7 Å². The highest BCUT2D eigenvalue weighted by molar-refractivity contribution is 7.98. The number of hydrogen-bond acceptors (Lipinski definition) is 8. The molecule has 0 atom stereocenters. The van der Waals surface area contributed by atoms with Crippen LogP contribution >= 0.6 is 11.8 Å². The summed E-state index contributed by atoms with van der Waals surface area (Å²) in [5.74, 6) is 1.39. The number of benzene rings is 2. The second kappa shape index (κ2) is 7.55. The number of rotatable bonds is 4. The number of ether oxygens (including phenoxy) is 2. The van der Waals surface area contributed by atoms with Crippen molar-refractivity contribution in [2.24, 2.45) is 7.05 Å². The molecule has 12 heteroatoms. The fourth-order valence-electron chi connectivity index (χ4n) is 3.16. The van der Waals surface area contributed by atoms with Crippen molar-refractivity contribution in [3.05, 3.63) is 58.2 Å². The number of fused-ring (bicyclic) bond motifs is 2. The molecule has 0 fully saturated rings. The fourth-order valence-corrected chi connectivity index (χ4v) is 3.97. The quantitative estimate of drug-likeness (QED) is 0.332. The number of aromatic nitrogens is 4. The lowest BCUT2D eigenvalue weighted by atomic mass is 10.1. The topological polar surface area (TPSA) is 92.3 Å². The van der Waals surface area contributed by atoms with Crippen LogP contribution in [-0.2, 0) is 19.0 Å². The van der Waals surface area contributed by atoms with Gasteiger partial charge in [-0.2, -0.15) is 18.2 Å². The molecular weight excluding hydrogens is 449 g/mol. The zero-order chi connectivity index (χ0) is 22.5. The Morgan fingerprint density at radius 3 is 2.69 bits per heavy atom. The van der Waals surface area contributed by atoms with Crippen molar-refractivity contribution >= 4 is 22.7 Å². The van der Waals surface area contributed by atoms with Gasteiger partial charge >= 0.3 is 6.18 Å². The standard InChI is InChI=1S/C20H13F3N4O4S/c1-27-18(28)12-6-14-15(30-9-29-14)7-13(12)24-19(27)32-8-16-25-17(26-31-16)10-3-2-4-11(5-10)20(21,22)23/h2-7H,8-9H2,1H3. The van der Waals surface area contributed by atoms with E-state index >= 15 is 0 Å². The molecule has 164 valence electrons. The van der Waals surface area contributed by atoms with Crippen LogP contribution in [0.3, 0.4) is 0 Å². The molecule has 0 saturated heterocycles. The molecule has 2 aromatic carbocycles. The molecule has 5 rings (SSSR count). The third-order valence-corrected chi connectivity index (χ3v) is 5.78. The average molecular weight is 462 g/mol. The van der Waals surface area contributed by atoms with E-state index in [2.05, 4.69) is 15.1 Å². The van der Waals surface area contributed by atoms with Gasteiger partial charge in [-0.05, 0) is 18.2 Å². The van der Waals surface area contributed by atoms with E-state index in [-0.39, 0.29) is 35.4 Å². The summed E-state index contributed by atoms with van der Waals surface area (Å²) in [6.45, 7) is 0.0823. The summed E-state index contributed by atoms with van der Waals surface area (Å²) < 4.78 is 56.0. The van der Waals surface area contributed by atoms with Gasteiger partial charge in [0.1, 0.15) is 0 Å². The van der Waals surface area contributed by atoms with E-state index in [1.165, 1.54) is 28.5 Å². The molecule has 32 heavy (non-hydrogen) atoms. The number of halogens is 3. The normalized spacial score (nSPS) is 13.1. The summed E-state index contributed by atoms with van der Waals surface area (Å²) in [5, 5.41) is 4.56. The number of hydrogen-bond donors (Lipinski definition) is 0. The lowest BCUT2D eigenvalue weighted by Crippen LogP contribution is -2.20. The Morgan fingerprint density at radius 2 is 1.91 bits per heavy atom. The van der Waals surface area contributed by atoms with Gasteiger partial charge < -0.3 is 14.0 Å². The first-order valence-corrected chi connectivity index (χ1v) is 10.2. The number of nitrogens with zero attached hydrogens (tertiary/aromatic N) is 4. The monoisotopic (exact) mass is 462 g/mol. The number of thioether (sulfide) groups is 1. The molecule has 4 aromatic rings. The molecule has 2 aromatic heterocycles. The Hall–Kier alpha value is -3.54. The van der Waals surface area contributed by atoms with Crippen molar-refractivity contribution in [2.45, 2.75) is 17.1 Å². The SMILES string of the molecule is Cn1c(SCc2nc(-c3cccc(C(F)(F)F)c3)no2)nc2cc3c(cc2c1=O)OCO3. The summed E-state index contributed by atoms with van der Waals surface area (Å²) >= 11 is 1.18. The maximum atomic E-state index is 12.9. The summed E-state index contributed by atoms with van der Waals surface area (Å²) in [7, 11) is 1.59. The molecule has 1 aliphatic rings. The van der Waals surface area contributed by atoms with E-state index in [4.69, 9.17) is 14.0 Å². The molecule has 8 nitrogen and oxygen atoms in total. The van der Waals surface area contributed by atoms with Crippen molar-refractivity contribution in [3.63, 3.8) is 0 Å². The summed E-state index contributed by atoms with van der Waals surface area (Å²) in [6.07, 6.45) is -4.47. The molecule has 0 aliphatic carbocycles. The fraction of sp³-hybridized carbons (Fsp3) is 0.200. The molecule has 3 heterocycles. The van der Waals surface area contributed by atoms with Gasteiger partial charge in [0.25, 0.3) is 5.56 Å². The molecule has 1 aliphatic heterocycles. The Labute approximate surface area is 182 Å². The Morgan fingerprint density at radius 1 is 1.12 bits per heavy atom. The van der Waals surface area contributed by atoms with Crippen molar-refractivity contribution in [3.8, 4) is 22.9 Å². The van der Waals surface area contributed by atoms with Gasteiger partial charge in [-0.15, -0.1) is 0 Å². The molecule has 0 unspecified atom stereocenters. The predicted molar refractivity (Wildman–Crippen MR) is 107 cm³/mol. The maximum absolute atomic E-state index is 12.9. The van der Waals surface area contributed by atoms with Crippen LogP contribution in [0.15, 0.2) is 50.9 Å². The zero-order valence-electron chi connectivity index (χ0n) is 16.3. The third kappa shape index (κ3) is 3.66. The van der Waals surface area contributed by atoms with Crippen LogP contribution in [0.25, 0.3) is 22.3 Å². The molecule has 0 amide bonds. The van der Waals surface area contributed by atoms with Crippen LogP contribution in [0.1, 0.15) is 11.5 Å². The minimum absolute atomic E-state index is 0.0415. The van der Waals surface area contributed by atoms with Gasteiger partial charge in [0.2, 0.25) is 18.5 Å². The van der Waals surface area contributed by atoms with Crippen LogP contribution in [0.4, 0.5) is 13.2 Å². The van der Waals surface area contributed by atoms with Crippen molar-refractivity contribution < 1.29 is 27.2 Å². The Kier molecular flexibility index (Phi) is 4.81. The molecule has 0 spiro atoms. The largest absolute Gasteiger partial charge is 0.454 e. The first-order chi connectivity index (χ1) is 15.3. The molecule has 0 N–H and O–H groups in total. The molecule has 0 radical (unpaired) electrons. The maximum Gasteiger partial charge on any atom is 0.416 e. The van der Waals surface area contributed by atoms with E-state index in [1.807, 2.05) is 0 Å². The van der Waals surface area contributed by atoms with Crippen molar-refractivity contribution in [2.75, 3.05) is 6.79 Å². The van der Waals surface area contributed by atoms with E-state index in [1.54, 1.807) is 19.2 Å². The lowest BCUT2D eigenvalue weighted by molar-refractivity contribution is -0.137. The first kappa shape index (κ1) is 20.4. The van der Waals surface area contributed by atoms with Crippen LogP contribution in [0, 0.1) is 0 Å². The Bertz CT molecular complexity index is 1400. The Balaban J connectivity index is 1.39. The lowest BCUT2D eigenvalue weighted by Gasteiger charge is -2.08. The summed E-state index contributed by atoms with van der Waals surface area (Å²) in [6, 6.07) is 7.92. The highest BCUT2D eigenvalue weighted by Crippen LogP contribution is 2.35.